The molecular weight excluding hydrogens is 176 g/mol. The predicted molar refractivity (Wildman–Crippen MR) is 69.6 cm³/mol. The summed E-state index contributed by atoms with van der Waals surface area (Å²) in [5, 5.41) is 0. The number of hydrogen-bond donors (Lipinski definition) is 0. The molecule has 0 rings (SSSR count). The molecule has 80 valence electrons. The molecule has 0 unspecified atom stereocenters. The van der Waals surface area contributed by atoms with Crippen LogP contribution in [0.4, 0.5) is 0 Å². The average Bonchev–Trinajstić information content (AvgIpc) is 2.18. The van der Waals surface area contributed by atoms with Gasteiger partial charge in [0.05, 0.1) is 0 Å². The van der Waals surface area contributed by atoms with Gasteiger partial charge in [-0.2, -0.15) is 11.8 Å². The third-order valence-corrected chi connectivity index (χ3v) is 1.19. The Morgan fingerprint density at radius 1 is 1.31 bits per heavy atom. The van der Waals surface area contributed by atoms with Crippen molar-refractivity contribution in [2.24, 2.45) is 0 Å². The van der Waals surface area contributed by atoms with Crippen LogP contribution in [0, 0.1) is 0 Å². The van der Waals surface area contributed by atoms with Gasteiger partial charge in [0.2, 0.25) is 0 Å². The van der Waals surface area contributed by atoms with Crippen molar-refractivity contribution in [1.82, 2.24) is 0 Å². The molecule has 0 aromatic carbocycles. The quantitative estimate of drug-likeness (QED) is 0.585. The Labute approximate surface area is 89.5 Å². The van der Waals surface area contributed by atoms with E-state index >= 15 is 0 Å². The van der Waals surface area contributed by atoms with Gasteiger partial charge in [0.25, 0.3) is 0 Å². The van der Waals surface area contributed by atoms with Gasteiger partial charge in [-0.05, 0) is 32.3 Å². The lowest BCUT2D eigenvalue weighted by Crippen LogP contribution is -1.68. The van der Waals surface area contributed by atoms with Crippen LogP contribution in [0.5, 0.6) is 0 Å². The maximum Gasteiger partial charge on any atom is -0.0169 e. The van der Waals surface area contributed by atoms with E-state index in [2.05, 4.69) is 26.5 Å². The first-order chi connectivity index (χ1) is 6.22. The number of hydrogen-bond acceptors (Lipinski definition) is 1. The molecule has 0 radical (unpaired) electrons. The standard InChI is InChI=1S/C8H14.C2H6S.C2H6/c1-4-6-7-8(3)5-2;1-3-2;1-2/h4,7H,1,5-6H2,2-3H3;1-2H3;1-2H3/b8-7-;;. The summed E-state index contributed by atoms with van der Waals surface area (Å²) in [5.41, 5.74) is 1.45. The Morgan fingerprint density at radius 2 is 1.69 bits per heavy atom. The van der Waals surface area contributed by atoms with Gasteiger partial charge in [0.15, 0.2) is 0 Å². The van der Waals surface area contributed by atoms with Gasteiger partial charge >= 0.3 is 0 Å². The Balaban J connectivity index is -0.000000169. The van der Waals surface area contributed by atoms with Crippen LogP contribution < -0.4 is 0 Å². The number of allylic oxidation sites excluding steroid dienone is 3. The van der Waals surface area contributed by atoms with E-state index in [9.17, 15) is 0 Å². The summed E-state index contributed by atoms with van der Waals surface area (Å²) >= 11 is 1.75. The molecule has 0 aromatic rings. The number of thioether (sulfide) groups is 1. The first-order valence-corrected chi connectivity index (χ1v) is 6.52. The van der Waals surface area contributed by atoms with Crippen LogP contribution in [-0.4, -0.2) is 12.5 Å². The summed E-state index contributed by atoms with van der Waals surface area (Å²) in [6, 6.07) is 0. The fraction of sp³-hybridized carbons (Fsp3) is 0.667. The highest BCUT2D eigenvalue weighted by Gasteiger charge is 1.78. The van der Waals surface area contributed by atoms with E-state index in [4.69, 9.17) is 0 Å². The molecular formula is C12H26S. The molecule has 0 aliphatic carbocycles. The molecule has 0 aliphatic rings. The maximum atomic E-state index is 3.62. The van der Waals surface area contributed by atoms with Gasteiger partial charge in [-0.25, -0.2) is 0 Å². The van der Waals surface area contributed by atoms with Gasteiger partial charge < -0.3 is 0 Å². The summed E-state index contributed by atoms with van der Waals surface area (Å²) < 4.78 is 0. The van der Waals surface area contributed by atoms with Crippen LogP contribution in [0.25, 0.3) is 0 Å². The molecule has 1 heteroatoms. The normalized spacial score (nSPS) is 8.92. The second kappa shape index (κ2) is 22.6. The first kappa shape index (κ1) is 18.6. The summed E-state index contributed by atoms with van der Waals surface area (Å²) in [5.74, 6) is 0. The van der Waals surface area contributed by atoms with Crippen LogP contribution in [0.1, 0.15) is 40.5 Å². The molecule has 0 fully saturated rings. The Bertz CT molecular complexity index is 104. The van der Waals surface area contributed by atoms with Gasteiger partial charge in [0, 0.05) is 0 Å². The highest BCUT2D eigenvalue weighted by atomic mass is 32.2. The Hall–Kier alpha value is -0.170. The van der Waals surface area contributed by atoms with Crippen molar-refractivity contribution in [3.8, 4) is 0 Å². The van der Waals surface area contributed by atoms with Crippen molar-refractivity contribution in [2.45, 2.75) is 40.5 Å². The van der Waals surface area contributed by atoms with Crippen LogP contribution in [0.15, 0.2) is 24.3 Å². The van der Waals surface area contributed by atoms with Gasteiger partial charge in [-0.1, -0.05) is 38.5 Å². The second-order valence-electron chi connectivity index (χ2n) is 2.34. The van der Waals surface area contributed by atoms with Crippen molar-refractivity contribution in [3.63, 3.8) is 0 Å². The van der Waals surface area contributed by atoms with Crippen molar-refractivity contribution in [1.29, 1.82) is 0 Å². The molecule has 13 heavy (non-hydrogen) atoms. The van der Waals surface area contributed by atoms with E-state index in [1.165, 1.54) is 5.57 Å². The van der Waals surface area contributed by atoms with E-state index < -0.39 is 0 Å². The molecule has 0 saturated heterocycles. The van der Waals surface area contributed by atoms with Crippen LogP contribution in [0.3, 0.4) is 0 Å². The Morgan fingerprint density at radius 3 is 1.92 bits per heavy atom. The number of rotatable bonds is 3. The first-order valence-electron chi connectivity index (χ1n) is 4.89. The van der Waals surface area contributed by atoms with Crippen LogP contribution in [-0.2, 0) is 0 Å². The molecule has 0 atom stereocenters. The SMILES string of the molecule is C=CC/C=C(/C)CC.CC.CSC. The largest absolute Gasteiger partial charge is 0.169 e. The third-order valence-electron chi connectivity index (χ3n) is 1.19. The predicted octanol–water partition coefficient (Wildman–Crippen LogP) is 4.92. The van der Waals surface area contributed by atoms with E-state index in [1.54, 1.807) is 11.8 Å². The zero-order valence-corrected chi connectivity index (χ0v) is 11.0. The lowest BCUT2D eigenvalue weighted by molar-refractivity contribution is 1.08. The lowest BCUT2D eigenvalue weighted by Gasteiger charge is -1.89. The smallest absolute Gasteiger partial charge is 0.0169 e. The molecule has 0 aliphatic heterocycles. The zero-order valence-electron chi connectivity index (χ0n) is 10.2. The average molecular weight is 202 g/mol. The minimum atomic E-state index is 1.01. The highest BCUT2D eigenvalue weighted by molar-refractivity contribution is 7.97. The van der Waals surface area contributed by atoms with E-state index in [0.717, 1.165) is 12.8 Å². The van der Waals surface area contributed by atoms with Gasteiger partial charge in [-0.15, -0.1) is 6.58 Å². The second-order valence-corrected chi connectivity index (χ2v) is 3.15. The zero-order chi connectivity index (χ0) is 11.1. The fourth-order valence-corrected chi connectivity index (χ4v) is 0.429. The van der Waals surface area contributed by atoms with Crippen LogP contribution >= 0.6 is 11.8 Å². The molecule has 0 heterocycles. The third kappa shape index (κ3) is 33.6. The lowest BCUT2D eigenvalue weighted by atomic mass is 10.2. The van der Waals surface area contributed by atoms with Gasteiger partial charge in [0.1, 0.15) is 0 Å². The van der Waals surface area contributed by atoms with Crippen LogP contribution in [0.2, 0.25) is 0 Å². The molecule has 0 N–H and O–H groups in total. The highest BCUT2D eigenvalue weighted by Crippen LogP contribution is 1.98. The minimum absolute atomic E-state index is 1.01. The summed E-state index contributed by atoms with van der Waals surface area (Å²) in [6.45, 7) is 11.9. The van der Waals surface area contributed by atoms with Crippen molar-refractivity contribution in [3.05, 3.63) is 24.3 Å². The topological polar surface area (TPSA) is 0 Å². The Kier molecular flexibility index (Phi) is 32.3. The van der Waals surface area contributed by atoms with Gasteiger partial charge in [-0.3, -0.25) is 0 Å². The summed E-state index contributed by atoms with van der Waals surface area (Å²) in [4.78, 5) is 0. The van der Waals surface area contributed by atoms with E-state index in [1.807, 2.05) is 32.4 Å². The van der Waals surface area contributed by atoms with E-state index in [0.29, 0.717) is 0 Å². The van der Waals surface area contributed by atoms with Crippen molar-refractivity contribution >= 4 is 11.8 Å². The minimum Gasteiger partial charge on any atom is -0.169 e. The summed E-state index contributed by atoms with van der Waals surface area (Å²) in [7, 11) is 0. The molecule has 0 nitrogen and oxygen atoms in total. The monoisotopic (exact) mass is 202 g/mol. The molecule has 0 spiro atoms. The van der Waals surface area contributed by atoms with Crippen molar-refractivity contribution < 1.29 is 0 Å². The van der Waals surface area contributed by atoms with E-state index in [-0.39, 0.29) is 0 Å². The molecule has 0 bridgehead atoms. The molecule has 0 saturated carbocycles. The fourth-order valence-electron chi connectivity index (χ4n) is 0.429. The maximum absolute atomic E-state index is 3.62. The van der Waals surface area contributed by atoms with Crippen molar-refractivity contribution in [2.75, 3.05) is 12.5 Å². The molecule has 0 amide bonds. The molecule has 0 aromatic heterocycles. The summed E-state index contributed by atoms with van der Waals surface area (Å²) in [6.07, 6.45) is 10.4.